The minimum Gasteiger partial charge on any atom is -0.343 e. The van der Waals surface area contributed by atoms with Gasteiger partial charge in [0.2, 0.25) is 0 Å². The molecular formula is C17H13NS. The lowest BCUT2D eigenvalue weighted by Gasteiger charge is -2.30. The number of hydrogen-bond acceptors (Lipinski definition) is 2. The van der Waals surface area contributed by atoms with E-state index in [1.807, 2.05) is 11.8 Å². The van der Waals surface area contributed by atoms with Crippen LogP contribution in [0.4, 0.5) is 11.4 Å². The van der Waals surface area contributed by atoms with E-state index in [9.17, 15) is 0 Å². The summed E-state index contributed by atoms with van der Waals surface area (Å²) in [7, 11) is 2.14. The second-order valence-electron chi connectivity index (χ2n) is 4.76. The summed E-state index contributed by atoms with van der Waals surface area (Å²) in [5, 5.41) is 2.65. The van der Waals surface area contributed by atoms with Crippen molar-refractivity contribution in [3.8, 4) is 0 Å². The maximum Gasteiger partial charge on any atom is 0.0556 e. The topological polar surface area (TPSA) is 3.24 Å². The van der Waals surface area contributed by atoms with Gasteiger partial charge in [-0.25, -0.2) is 0 Å². The van der Waals surface area contributed by atoms with Crippen molar-refractivity contribution in [3.63, 3.8) is 0 Å². The number of para-hydroxylation sites is 1. The van der Waals surface area contributed by atoms with Crippen LogP contribution >= 0.6 is 11.8 Å². The lowest BCUT2D eigenvalue weighted by molar-refractivity contribution is 1.12. The quantitative estimate of drug-likeness (QED) is 0.557. The molecule has 0 fully saturated rings. The molecule has 0 bridgehead atoms. The fraction of sp³-hybridized carbons (Fsp3) is 0.0588. The summed E-state index contributed by atoms with van der Waals surface area (Å²) in [5.74, 6) is 0. The van der Waals surface area contributed by atoms with Crippen LogP contribution in [0.1, 0.15) is 0 Å². The van der Waals surface area contributed by atoms with E-state index in [1.54, 1.807) is 0 Å². The summed E-state index contributed by atoms with van der Waals surface area (Å²) in [6.07, 6.45) is 0. The summed E-state index contributed by atoms with van der Waals surface area (Å²) in [5.41, 5.74) is 2.58. The predicted molar refractivity (Wildman–Crippen MR) is 82.6 cm³/mol. The normalized spacial score (nSPS) is 13.2. The van der Waals surface area contributed by atoms with E-state index in [0.29, 0.717) is 0 Å². The molecule has 0 radical (unpaired) electrons. The standard InChI is InChI=1S/C17H13NS/c1-18-14-8-4-5-9-16(14)19-17-13-7-3-2-6-12(13)10-11-15(17)18/h2-11H,1H3. The molecule has 1 aliphatic heterocycles. The lowest BCUT2D eigenvalue weighted by Crippen LogP contribution is -2.14. The summed E-state index contributed by atoms with van der Waals surface area (Å²) >= 11 is 1.87. The zero-order valence-corrected chi connectivity index (χ0v) is 11.4. The fourth-order valence-corrected chi connectivity index (χ4v) is 3.94. The Balaban J connectivity index is 2.02. The Labute approximate surface area is 116 Å². The summed E-state index contributed by atoms with van der Waals surface area (Å²) in [4.78, 5) is 4.97. The highest BCUT2D eigenvalue weighted by Gasteiger charge is 2.21. The molecule has 19 heavy (non-hydrogen) atoms. The van der Waals surface area contributed by atoms with Crippen molar-refractivity contribution in [3.05, 3.63) is 60.7 Å². The Bertz CT molecular complexity index is 779. The summed E-state index contributed by atoms with van der Waals surface area (Å²) in [6, 6.07) is 21.6. The number of rotatable bonds is 0. The molecule has 0 saturated heterocycles. The van der Waals surface area contributed by atoms with Crippen molar-refractivity contribution in [1.29, 1.82) is 0 Å². The van der Waals surface area contributed by atoms with E-state index < -0.39 is 0 Å². The molecule has 0 amide bonds. The van der Waals surface area contributed by atoms with Crippen LogP contribution in [0.3, 0.4) is 0 Å². The van der Waals surface area contributed by atoms with Gasteiger partial charge in [0, 0.05) is 16.8 Å². The molecule has 0 unspecified atom stereocenters. The number of benzene rings is 3. The third-order valence-electron chi connectivity index (χ3n) is 3.66. The van der Waals surface area contributed by atoms with Crippen molar-refractivity contribution in [2.24, 2.45) is 0 Å². The fourth-order valence-electron chi connectivity index (χ4n) is 2.66. The first kappa shape index (κ1) is 10.9. The second kappa shape index (κ2) is 4.04. The molecule has 0 atom stereocenters. The first-order valence-electron chi connectivity index (χ1n) is 6.37. The number of fused-ring (bicyclic) bond motifs is 4. The van der Waals surface area contributed by atoms with Gasteiger partial charge in [-0.1, -0.05) is 54.2 Å². The van der Waals surface area contributed by atoms with Gasteiger partial charge in [-0.15, -0.1) is 0 Å². The van der Waals surface area contributed by atoms with E-state index in [1.165, 1.54) is 31.9 Å². The first-order chi connectivity index (χ1) is 9.34. The molecule has 3 aromatic carbocycles. The number of anilines is 2. The van der Waals surface area contributed by atoms with Crippen molar-refractivity contribution >= 4 is 33.9 Å². The van der Waals surface area contributed by atoms with Crippen LogP contribution in [0.25, 0.3) is 10.8 Å². The zero-order chi connectivity index (χ0) is 12.8. The molecule has 92 valence electrons. The molecule has 1 aliphatic rings. The lowest BCUT2D eigenvalue weighted by atomic mass is 10.1. The van der Waals surface area contributed by atoms with Gasteiger partial charge >= 0.3 is 0 Å². The predicted octanol–water partition coefficient (Wildman–Crippen LogP) is 5.07. The molecule has 0 aliphatic carbocycles. The average molecular weight is 263 g/mol. The molecule has 0 N–H and O–H groups in total. The number of nitrogens with zero attached hydrogens (tertiary/aromatic N) is 1. The largest absolute Gasteiger partial charge is 0.343 e. The SMILES string of the molecule is CN1c2ccccc2Sc2c1ccc1ccccc21. The van der Waals surface area contributed by atoms with Gasteiger partial charge in [-0.05, 0) is 29.0 Å². The van der Waals surface area contributed by atoms with Gasteiger partial charge in [-0.2, -0.15) is 0 Å². The Kier molecular flexibility index (Phi) is 2.32. The highest BCUT2D eigenvalue weighted by atomic mass is 32.2. The van der Waals surface area contributed by atoms with Gasteiger partial charge in [0.15, 0.2) is 0 Å². The van der Waals surface area contributed by atoms with Crippen LogP contribution in [-0.2, 0) is 0 Å². The Morgan fingerprint density at radius 3 is 2.53 bits per heavy atom. The van der Waals surface area contributed by atoms with Gasteiger partial charge in [-0.3, -0.25) is 0 Å². The van der Waals surface area contributed by atoms with Gasteiger partial charge in [0.05, 0.1) is 11.4 Å². The third-order valence-corrected chi connectivity index (χ3v) is 4.86. The van der Waals surface area contributed by atoms with Crippen LogP contribution in [-0.4, -0.2) is 7.05 Å². The molecular weight excluding hydrogens is 250 g/mol. The van der Waals surface area contributed by atoms with Crippen LogP contribution in [0, 0.1) is 0 Å². The molecule has 1 heterocycles. The average Bonchev–Trinajstić information content (AvgIpc) is 2.47. The van der Waals surface area contributed by atoms with Crippen LogP contribution in [0.5, 0.6) is 0 Å². The Morgan fingerprint density at radius 2 is 1.58 bits per heavy atom. The summed E-state index contributed by atoms with van der Waals surface area (Å²) in [6.45, 7) is 0. The maximum absolute atomic E-state index is 2.29. The van der Waals surface area contributed by atoms with E-state index >= 15 is 0 Å². The van der Waals surface area contributed by atoms with E-state index in [2.05, 4.69) is 72.6 Å². The van der Waals surface area contributed by atoms with Gasteiger partial charge in [0.25, 0.3) is 0 Å². The highest BCUT2D eigenvalue weighted by Crippen LogP contribution is 2.49. The van der Waals surface area contributed by atoms with Crippen LogP contribution < -0.4 is 4.90 Å². The first-order valence-corrected chi connectivity index (χ1v) is 7.18. The maximum atomic E-state index is 2.29. The summed E-state index contributed by atoms with van der Waals surface area (Å²) < 4.78 is 0. The third kappa shape index (κ3) is 1.57. The molecule has 3 aromatic rings. The highest BCUT2D eigenvalue weighted by molar-refractivity contribution is 8.00. The second-order valence-corrected chi connectivity index (χ2v) is 5.82. The minimum atomic E-state index is 1.29. The van der Waals surface area contributed by atoms with Crippen LogP contribution in [0.2, 0.25) is 0 Å². The van der Waals surface area contributed by atoms with E-state index in [0.717, 1.165) is 0 Å². The van der Waals surface area contributed by atoms with Crippen molar-refractivity contribution in [1.82, 2.24) is 0 Å². The minimum absolute atomic E-state index is 1.29. The Morgan fingerprint density at radius 1 is 0.789 bits per heavy atom. The van der Waals surface area contributed by atoms with E-state index in [-0.39, 0.29) is 0 Å². The van der Waals surface area contributed by atoms with Crippen molar-refractivity contribution < 1.29 is 0 Å². The number of hydrogen-bond donors (Lipinski definition) is 0. The Hall–Kier alpha value is -1.93. The molecule has 0 spiro atoms. The molecule has 1 nitrogen and oxygen atoms in total. The smallest absolute Gasteiger partial charge is 0.0556 e. The molecule has 0 saturated carbocycles. The molecule has 2 heteroatoms. The van der Waals surface area contributed by atoms with E-state index in [4.69, 9.17) is 0 Å². The van der Waals surface area contributed by atoms with Crippen LogP contribution in [0.15, 0.2) is 70.5 Å². The monoisotopic (exact) mass is 263 g/mol. The van der Waals surface area contributed by atoms with Gasteiger partial charge in [0.1, 0.15) is 0 Å². The van der Waals surface area contributed by atoms with Gasteiger partial charge < -0.3 is 4.90 Å². The van der Waals surface area contributed by atoms with Crippen molar-refractivity contribution in [2.45, 2.75) is 9.79 Å². The molecule has 4 rings (SSSR count). The van der Waals surface area contributed by atoms with Crippen molar-refractivity contribution in [2.75, 3.05) is 11.9 Å². The zero-order valence-electron chi connectivity index (χ0n) is 10.6. The molecule has 0 aromatic heterocycles.